The number of alkyl halides is 4. The number of halogens is 4. The lowest BCUT2D eigenvalue weighted by molar-refractivity contribution is -0.147. The Hall–Kier alpha value is -0.750. The first-order chi connectivity index (χ1) is 8.98. The van der Waals surface area contributed by atoms with Crippen LogP contribution < -0.4 is 4.74 Å². The number of fused-ring (bicyclic) bond motifs is 1. The molecule has 0 radical (unpaired) electrons. The maximum absolute atomic E-state index is 12.5. The lowest BCUT2D eigenvalue weighted by atomic mass is 10.1. The number of para-hydroxylation sites is 1. The van der Waals surface area contributed by atoms with Gasteiger partial charge in [0.25, 0.3) is 0 Å². The average Bonchev–Trinajstić information content (AvgIpc) is 2.69. The fraction of sp³-hybridized carbons (Fsp3) is 0.538. The number of hydrogen-bond donors (Lipinski definition) is 0. The molecule has 6 heteroatoms. The Balaban J connectivity index is 1.93. The molecule has 1 aromatic rings. The average molecular weight is 338 g/mol. The summed E-state index contributed by atoms with van der Waals surface area (Å²) in [7, 11) is 0. The highest BCUT2D eigenvalue weighted by Gasteiger charge is 2.33. The van der Waals surface area contributed by atoms with E-state index in [1.54, 1.807) is 0 Å². The van der Waals surface area contributed by atoms with Crippen LogP contribution in [0.25, 0.3) is 0 Å². The van der Waals surface area contributed by atoms with Crippen LogP contribution in [0.1, 0.15) is 5.56 Å². The topological polar surface area (TPSA) is 12.5 Å². The lowest BCUT2D eigenvalue weighted by Crippen LogP contribution is -2.41. The molecule has 0 saturated heterocycles. The highest BCUT2D eigenvalue weighted by atomic mass is 79.9. The van der Waals surface area contributed by atoms with Gasteiger partial charge in [-0.15, -0.1) is 0 Å². The first-order valence-electron chi connectivity index (χ1n) is 6.07. The van der Waals surface area contributed by atoms with Crippen molar-refractivity contribution in [1.82, 2.24) is 4.90 Å². The molecule has 2 nitrogen and oxygen atoms in total. The van der Waals surface area contributed by atoms with E-state index in [1.807, 2.05) is 24.3 Å². The van der Waals surface area contributed by atoms with Crippen LogP contribution in [0.4, 0.5) is 13.2 Å². The largest absolute Gasteiger partial charge is 0.488 e. The van der Waals surface area contributed by atoms with Crippen LogP contribution in [0.15, 0.2) is 24.3 Å². The Morgan fingerprint density at radius 2 is 2.05 bits per heavy atom. The fourth-order valence-electron chi connectivity index (χ4n) is 2.25. The minimum atomic E-state index is -4.17. The van der Waals surface area contributed by atoms with Gasteiger partial charge in [0.05, 0.1) is 6.54 Å². The SMILES string of the molecule is FC(F)(F)CN(CCBr)CC1Cc2ccccc2O1. The van der Waals surface area contributed by atoms with Gasteiger partial charge < -0.3 is 4.74 Å². The summed E-state index contributed by atoms with van der Waals surface area (Å²) in [6.45, 7) is -0.246. The van der Waals surface area contributed by atoms with E-state index in [0.717, 1.165) is 11.3 Å². The molecule has 1 unspecified atom stereocenters. The maximum Gasteiger partial charge on any atom is 0.401 e. The monoisotopic (exact) mass is 337 g/mol. The Morgan fingerprint density at radius 3 is 2.68 bits per heavy atom. The van der Waals surface area contributed by atoms with Crippen LogP contribution in [0.3, 0.4) is 0 Å². The van der Waals surface area contributed by atoms with Crippen LogP contribution in [-0.4, -0.2) is 42.1 Å². The number of ether oxygens (including phenoxy) is 1. The molecule has 0 amide bonds. The third-order valence-electron chi connectivity index (χ3n) is 2.98. The summed E-state index contributed by atoms with van der Waals surface area (Å²) >= 11 is 3.19. The fourth-order valence-corrected chi connectivity index (χ4v) is 2.75. The molecule has 1 aliphatic rings. The molecule has 2 rings (SSSR count). The van der Waals surface area contributed by atoms with E-state index >= 15 is 0 Å². The van der Waals surface area contributed by atoms with E-state index in [1.165, 1.54) is 4.90 Å². The zero-order valence-corrected chi connectivity index (χ0v) is 11.9. The van der Waals surface area contributed by atoms with Crippen LogP contribution in [-0.2, 0) is 6.42 Å². The molecule has 1 aliphatic heterocycles. The number of rotatable bonds is 5. The third kappa shape index (κ3) is 4.38. The first kappa shape index (κ1) is 14.7. The van der Waals surface area contributed by atoms with Gasteiger partial charge >= 0.3 is 6.18 Å². The maximum atomic E-state index is 12.5. The zero-order valence-electron chi connectivity index (χ0n) is 10.3. The molecule has 1 heterocycles. The van der Waals surface area contributed by atoms with Crippen molar-refractivity contribution in [3.05, 3.63) is 29.8 Å². The van der Waals surface area contributed by atoms with Gasteiger partial charge in [0, 0.05) is 24.8 Å². The van der Waals surface area contributed by atoms with E-state index in [2.05, 4.69) is 15.9 Å². The van der Waals surface area contributed by atoms with Gasteiger partial charge in [-0.3, -0.25) is 4.90 Å². The molecule has 0 aliphatic carbocycles. The van der Waals surface area contributed by atoms with Gasteiger partial charge in [-0.2, -0.15) is 13.2 Å². The van der Waals surface area contributed by atoms with Crippen molar-refractivity contribution < 1.29 is 17.9 Å². The van der Waals surface area contributed by atoms with Gasteiger partial charge in [-0.25, -0.2) is 0 Å². The summed E-state index contributed by atoms with van der Waals surface area (Å²) in [6, 6.07) is 7.59. The van der Waals surface area contributed by atoms with Crippen molar-refractivity contribution in [1.29, 1.82) is 0 Å². The van der Waals surface area contributed by atoms with Crippen molar-refractivity contribution in [2.75, 3.05) is 25.0 Å². The summed E-state index contributed by atoms with van der Waals surface area (Å²) in [5.41, 5.74) is 1.07. The number of hydrogen-bond acceptors (Lipinski definition) is 2. The smallest absolute Gasteiger partial charge is 0.401 e. The highest BCUT2D eigenvalue weighted by Crippen LogP contribution is 2.29. The Bertz CT molecular complexity index is 400. The van der Waals surface area contributed by atoms with Crippen molar-refractivity contribution >= 4 is 15.9 Å². The van der Waals surface area contributed by atoms with E-state index in [-0.39, 0.29) is 6.10 Å². The lowest BCUT2D eigenvalue weighted by Gasteiger charge is -2.25. The predicted octanol–water partition coefficient (Wildman–Crippen LogP) is 3.25. The van der Waals surface area contributed by atoms with Crippen molar-refractivity contribution in [2.24, 2.45) is 0 Å². The molecule has 106 valence electrons. The molecule has 0 spiro atoms. The third-order valence-corrected chi connectivity index (χ3v) is 3.33. The van der Waals surface area contributed by atoms with E-state index in [9.17, 15) is 13.2 Å². The molecule has 19 heavy (non-hydrogen) atoms. The van der Waals surface area contributed by atoms with E-state index in [0.29, 0.717) is 24.8 Å². The zero-order chi connectivity index (χ0) is 13.9. The minimum absolute atomic E-state index is 0.196. The minimum Gasteiger partial charge on any atom is -0.488 e. The van der Waals surface area contributed by atoms with Gasteiger partial charge in [0.2, 0.25) is 0 Å². The van der Waals surface area contributed by atoms with E-state index in [4.69, 9.17) is 4.74 Å². The Morgan fingerprint density at radius 1 is 1.32 bits per heavy atom. The van der Waals surface area contributed by atoms with Crippen LogP contribution in [0.5, 0.6) is 5.75 Å². The summed E-state index contributed by atoms with van der Waals surface area (Å²) < 4.78 is 43.1. The van der Waals surface area contributed by atoms with E-state index < -0.39 is 12.7 Å². The van der Waals surface area contributed by atoms with Crippen LogP contribution in [0, 0.1) is 0 Å². The van der Waals surface area contributed by atoms with Crippen LogP contribution >= 0.6 is 15.9 Å². The molecule has 0 N–H and O–H groups in total. The molecular weight excluding hydrogens is 323 g/mol. The van der Waals surface area contributed by atoms with Crippen molar-refractivity contribution in [3.63, 3.8) is 0 Å². The second-order valence-electron chi connectivity index (χ2n) is 4.59. The summed E-state index contributed by atoms with van der Waals surface area (Å²) in [5.74, 6) is 0.790. The number of nitrogens with zero attached hydrogens (tertiary/aromatic N) is 1. The first-order valence-corrected chi connectivity index (χ1v) is 7.20. The predicted molar refractivity (Wildman–Crippen MR) is 70.9 cm³/mol. The summed E-state index contributed by atoms with van der Waals surface area (Å²) in [5, 5.41) is 0.517. The quantitative estimate of drug-likeness (QED) is 0.765. The molecule has 1 aromatic carbocycles. The molecular formula is C13H15BrF3NO. The van der Waals surface area contributed by atoms with Crippen molar-refractivity contribution in [3.8, 4) is 5.75 Å². The molecule has 0 fully saturated rings. The Kier molecular flexibility index (Phi) is 4.73. The molecule has 0 bridgehead atoms. The summed E-state index contributed by atoms with van der Waals surface area (Å²) in [4.78, 5) is 1.38. The highest BCUT2D eigenvalue weighted by molar-refractivity contribution is 9.09. The number of benzene rings is 1. The van der Waals surface area contributed by atoms with Crippen LogP contribution in [0.2, 0.25) is 0 Å². The second kappa shape index (κ2) is 6.13. The van der Waals surface area contributed by atoms with Gasteiger partial charge in [0.1, 0.15) is 11.9 Å². The normalized spacial score (nSPS) is 18.5. The molecule has 1 atom stereocenters. The molecule has 0 saturated carbocycles. The second-order valence-corrected chi connectivity index (χ2v) is 5.38. The Labute approximate surface area is 118 Å². The molecule has 0 aromatic heterocycles. The van der Waals surface area contributed by atoms with Gasteiger partial charge in [0.15, 0.2) is 0 Å². The van der Waals surface area contributed by atoms with Gasteiger partial charge in [-0.1, -0.05) is 34.1 Å². The standard InChI is InChI=1S/C13H15BrF3NO/c14-5-6-18(9-13(15,16)17)8-11-7-10-3-1-2-4-12(10)19-11/h1-4,11H,5-9H2. The van der Waals surface area contributed by atoms with Gasteiger partial charge in [-0.05, 0) is 11.6 Å². The van der Waals surface area contributed by atoms with Crippen molar-refractivity contribution in [2.45, 2.75) is 18.7 Å². The summed E-state index contributed by atoms with van der Waals surface area (Å²) in [6.07, 6.45) is -3.70.